The lowest BCUT2D eigenvalue weighted by Crippen LogP contribution is -2.11. The fourth-order valence-electron chi connectivity index (χ4n) is 1.26. The highest BCUT2D eigenvalue weighted by Gasteiger charge is 2.21. The van der Waals surface area contributed by atoms with E-state index in [1.807, 2.05) is 0 Å². The number of carbonyl (C=O) groups excluding carboxylic acids is 1. The maximum atomic E-state index is 11.7. The number of nitro groups is 1. The average Bonchev–Trinajstić information content (AvgIpc) is 2.81. The van der Waals surface area contributed by atoms with Crippen molar-refractivity contribution in [3.8, 4) is 5.88 Å². The summed E-state index contributed by atoms with van der Waals surface area (Å²) in [6.07, 6.45) is 2.63. The number of benzene rings is 1. The Bertz CT molecular complexity index is 550. The summed E-state index contributed by atoms with van der Waals surface area (Å²) in [5, 5.41) is 10.7. The van der Waals surface area contributed by atoms with Crippen LogP contribution in [0.5, 0.6) is 5.88 Å². The van der Waals surface area contributed by atoms with Crippen molar-refractivity contribution < 1.29 is 14.5 Å². The third-order valence-corrected chi connectivity index (χ3v) is 2.00. The van der Waals surface area contributed by atoms with Crippen molar-refractivity contribution in [3.63, 3.8) is 0 Å². The predicted molar refractivity (Wildman–Crippen MR) is 56.6 cm³/mol. The number of esters is 1. The van der Waals surface area contributed by atoms with Gasteiger partial charge in [-0.3, -0.25) is 10.1 Å². The van der Waals surface area contributed by atoms with Crippen LogP contribution in [0.2, 0.25) is 0 Å². The van der Waals surface area contributed by atoms with Crippen molar-refractivity contribution in [1.29, 1.82) is 0 Å². The largest absolute Gasteiger partial charge is 0.404 e. The smallest absolute Gasteiger partial charge is 0.351 e. The second kappa shape index (κ2) is 4.44. The highest BCUT2D eigenvalue weighted by atomic mass is 16.6. The minimum atomic E-state index is -0.804. The molecule has 1 aromatic carbocycles. The number of aromatic nitrogens is 2. The van der Waals surface area contributed by atoms with Gasteiger partial charge in [-0.1, -0.05) is 12.1 Å². The Morgan fingerprint density at radius 1 is 1.41 bits per heavy atom. The molecular formula is C10H7N3O4. The van der Waals surface area contributed by atoms with Crippen molar-refractivity contribution in [3.05, 3.63) is 52.5 Å². The van der Waals surface area contributed by atoms with Gasteiger partial charge in [-0.15, -0.1) is 0 Å². The topological polar surface area (TPSA) is 98.1 Å². The number of nitrogens with one attached hydrogen (secondary N) is 1. The van der Waals surface area contributed by atoms with E-state index in [9.17, 15) is 14.9 Å². The number of para-hydroxylation sites is 1. The number of aromatic amines is 1. The van der Waals surface area contributed by atoms with Crippen molar-refractivity contribution in [2.24, 2.45) is 0 Å². The lowest BCUT2D eigenvalue weighted by atomic mass is 10.2. The number of nitrogens with zero attached hydrogens (tertiary/aromatic N) is 2. The second-order valence-corrected chi connectivity index (χ2v) is 3.08. The Labute approximate surface area is 95.2 Å². The number of ether oxygens (including phenoxy) is 1. The molecule has 0 atom stereocenters. The van der Waals surface area contributed by atoms with Crippen LogP contribution in [0.3, 0.4) is 0 Å². The molecule has 0 aliphatic heterocycles. The Hall–Kier alpha value is -2.70. The molecule has 0 spiro atoms. The molecule has 86 valence electrons. The Balaban J connectivity index is 2.28. The van der Waals surface area contributed by atoms with Crippen LogP contribution in [0, 0.1) is 10.1 Å². The van der Waals surface area contributed by atoms with E-state index < -0.39 is 10.9 Å². The van der Waals surface area contributed by atoms with Crippen molar-refractivity contribution in [2.45, 2.75) is 0 Å². The summed E-state index contributed by atoms with van der Waals surface area (Å²) in [4.78, 5) is 28.0. The van der Waals surface area contributed by atoms with E-state index in [2.05, 4.69) is 9.97 Å². The van der Waals surface area contributed by atoms with E-state index in [0.717, 1.165) is 0 Å². The quantitative estimate of drug-likeness (QED) is 0.492. The van der Waals surface area contributed by atoms with E-state index in [0.29, 0.717) is 0 Å². The van der Waals surface area contributed by atoms with Crippen molar-refractivity contribution >= 4 is 11.7 Å². The third-order valence-electron chi connectivity index (χ3n) is 2.00. The standard InChI is InChI=1S/C10H7N3O4/c14-10(17-9-5-11-6-12-9)7-3-1-2-4-8(7)13(15)16/h1-6H,(H,11,12). The molecule has 0 bridgehead atoms. The van der Waals surface area contributed by atoms with Gasteiger partial charge >= 0.3 is 5.97 Å². The summed E-state index contributed by atoms with van der Waals surface area (Å²) >= 11 is 0. The molecule has 0 fully saturated rings. The molecule has 7 nitrogen and oxygen atoms in total. The molecule has 0 radical (unpaired) electrons. The summed E-state index contributed by atoms with van der Waals surface area (Å²) in [5.74, 6) is -0.672. The summed E-state index contributed by atoms with van der Waals surface area (Å²) in [5.41, 5.74) is -0.399. The summed E-state index contributed by atoms with van der Waals surface area (Å²) in [6, 6.07) is 5.57. The van der Waals surface area contributed by atoms with E-state index in [-0.39, 0.29) is 17.1 Å². The molecule has 0 saturated carbocycles. The lowest BCUT2D eigenvalue weighted by Gasteiger charge is -2.01. The molecule has 17 heavy (non-hydrogen) atoms. The summed E-state index contributed by atoms with van der Waals surface area (Å²) in [7, 11) is 0. The average molecular weight is 233 g/mol. The fraction of sp³-hybridized carbons (Fsp3) is 0. The van der Waals surface area contributed by atoms with E-state index in [1.54, 1.807) is 0 Å². The third kappa shape index (κ3) is 2.28. The van der Waals surface area contributed by atoms with Crippen LogP contribution in [0.15, 0.2) is 36.8 Å². The monoisotopic (exact) mass is 233 g/mol. The Morgan fingerprint density at radius 2 is 2.18 bits per heavy atom. The van der Waals surface area contributed by atoms with Gasteiger partial charge in [0.2, 0.25) is 5.88 Å². The molecule has 2 aromatic rings. The van der Waals surface area contributed by atoms with E-state index in [1.165, 1.54) is 36.8 Å². The van der Waals surface area contributed by atoms with Gasteiger partial charge in [0.15, 0.2) is 0 Å². The van der Waals surface area contributed by atoms with Crippen molar-refractivity contribution in [2.75, 3.05) is 0 Å². The second-order valence-electron chi connectivity index (χ2n) is 3.08. The number of carbonyl (C=O) groups is 1. The minimum Gasteiger partial charge on any atom is -0.404 e. The van der Waals surface area contributed by atoms with Crippen LogP contribution in [0.4, 0.5) is 5.69 Å². The summed E-state index contributed by atoms with van der Waals surface area (Å²) < 4.78 is 4.87. The number of nitro benzene ring substituents is 1. The molecular weight excluding hydrogens is 226 g/mol. The van der Waals surface area contributed by atoms with Crippen molar-refractivity contribution in [1.82, 2.24) is 9.97 Å². The zero-order valence-corrected chi connectivity index (χ0v) is 8.49. The highest BCUT2D eigenvalue weighted by Crippen LogP contribution is 2.19. The molecule has 0 aliphatic rings. The zero-order chi connectivity index (χ0) is 12.3. The van der Waals surface area contributed by atoms with Crippen LogP contribution < -0.4 is 4.74 Å². The molecule has 0 amide bonds. The number of H-pyrrole nitrogens is 1. The van der Waals surface area contributed by atoms with Crippen LogP contribution in [0.1, 0.15) is 10.4 Å². The Kier molecular flexibility index (Phi) is 2.82. The predicted octanol–water partition coefficient (Wildman–Crippen LogP) is 1.54. The zero-order valence-electron chi connectivity index (χ0n) is 8.49. The lowest BCUT2D eigenvalue weighted by molar-refractivity contribution is -0.385. The maximum Gasteiger partial charge on any atom is 0.351 e. The van der Waals surface area contributed by atoms with E-state index >= 15 is 0 Å². The maximum absolute atomic E-state index is 11.7. The number of hydrogen-bond donors (Lipinski definition) is 1. The molecule has 7 heteroatoms. The van der Waals surface area contributed by atoms with Gasteiger partial charge in [-0.25, -0.2) is 9.78 Å². The van der Waals surface area contributed by atoms with Crippen LogP contribution >= 0.6 is 0 Å². The van der Waals surface area contributed by atoms with Gasteiger partial charge < -0.3 is 9.72 Å². The molecule has 1 N–H and O–H groups in total. The highest BCUT2D eigenvalue weighted by molar-refractivity contribution is 5.95. The van der Waals surface area contributed by atoms with Crippen LogP contribution in [-0.4, -0.2) is 20.9 Å². The first kappa shape index (κ1) is 10.8. The first-order valence-electron chi connectivity index (χ1n) is 4.62. The molecule has 1 heterocycles. The van der Waals surface area contributed by atoms with E-state index in [4.69, 9.17) is 4.74 Å². The Morgan fingerprint density at radius 3 is 2.82 bits per heavy atom. The van der Waals surface area contributed by atoms with Gasteiger partial charge in [0, 0.05) is 6.07 Å². The SMILES string of the molecule is O=C(Oc1cnc[nH]1)c1ccccc1[N+](=O)[O-]. The molecule has 0 saturated heterocycles. The molecule has 2 rings (SSSR count). The first-order chi connectivity index (χ1) is 8.18. The summed E-state index contributed by atoms with van der Waals surface area (Å²) in [6.45, 7) is 0. The van der Waals surface area contributed by atoms with Gasteiger partial charge in [0.1, 0.15) is 5.56 Å². The first-order valence-corrected chi connectivity index (χ1v) is 4.62. The fourth-order valence-corrected chi connectivity index (χ4v) is 1.26. The molecule has 0 unspecified atom stereocenters. The number of hydrogen-bond acceptors (Lipinski definition) is 5. The van der Waals surface area contributed by atoms with Gasteiger partial charge in [-0.05, 0) is 6.07 Å². The number of rotatable bonds is 3. The normalized spacial score (nSPS) is 9.88. The van der Waals surface area contributed by atoms with Gasteiger partial charge in [0.25, 0.3) is 5.69 Å². The molecule has 0 aliphatic carbocycles. The van der Waals surface area contributed by atoms with Gasteiger partial charge in [0.05, 0.1) is 17.4 Å². The van der Waals surface area contributed by atoms with Gasteiger partial charge in [-0.2, -0.15) is 0 Å². The van der Waals surface area contributed by atoms with Crippen LogP contribution in [-0.2, 0) is 0 Å². The molecule has 1 aromatic heterocycles. The van der Waals surface area contributed by atoms with Crippen LogP contribution in [0.25, 0.3) is 0 Å². The number of imidazole rings is 1. The minimum absolute atomic E-state index is 0.105.